The summed E-state index contributed by atoms with van der Waals surface area (Å²) in [5.41, 5.74) is -2.16. The maximum absolute atomic E-state index is 13.0. The van der Waals surface area contributed by atoms with Gasteiger partial charge in [0.05, 0.1) is 28.3 Å². The summed E-state index contributed by atoms with van der Waals surface area (Å²) in [5, 5.41) is 14.1. The van der Waals surface area contributed by atoms with Crippen LogP contribution in [-0.2, 0) is 11.0 Å². The molecule has 0 aromatic heterocycles. The normalized spacial score (nSPS) is 21.9. The van der Waals surface area contributed by atoms with Crippen LogP contribution in [0, 0.1) is 16.7 Å². The molecule has 1 aliphatic rings. The van der Waals surface area contributed by atoms with E-state index in [0.717, 1.165) is 12.1 Å². The summed E-state index contributed by atoms with van der Waals surface area (Å²) < 4.78 is 39.0. The lowest BCUT2D eigenvalue weighted by molar-refractivity contribution is -0.137. The van der Waals surface area contributed by atoms with Gasteiger partial charge in [0.1, 0.15) is 0 Å². The van der Waals surface area contributed by atoms with Gasteiger partial charge in [-0.15, -0.1) is 0 Å². The molecule has 1 aliphatic heterocycles. The van der Waals surface area contributed by atoms with Gasteiger partial charge in [0.25, 0.3) is 0 Å². The molecule has 1 aromatic carbocycles. The zero-order chi connectivity index (χ0) is 15.7. The average molecular weight is 297 g/mol. The van der Waals surface area contributed by atoms with Gasteiger partial charge in [-0.25, -0.2) is 0 Å². The molecule has 0 spiro atoms. The lowest BCUT2D eigenvalue weighted by Gasteiger charge is -2.23. The third kappa shape index (κ3) is 3.16. The minimum Gasteiger partial charge on any atom is -0.325 e. The molecule has 0 radical (unpaired) electrons. The molecule has 4 nitrogen and oxygen atoms in total. The van der Waals surface area contributed by atoms with Gasteiger partial charge in [0, 0.05) is 6.54 Å². The van der Waals surface area contributed by atoms with E-state index in [9.17, 15) is 18.0 Å². The molecule has 112 valence electrons. The number of alkyl halides is 3. The Morgan fingerprint density at radius 2 is 2.19 bits per heavy atom. The van der Waals surface area contributed by atoms with E-state index in [2.05, 4.69) is 10.6 Å². The first-order valence-electron chi connectivity index (χ1n) is 6.40. The van der Waals surface area contributed by atoms with Crippen molar-refractivity contribution >= 4 is 11.6 Å². The molecule has 1 fully saturated rings. The van der Waals surface area contributed by atoms with Crippen LogP contribution in [0.25, 0.3) is 0 Å². The highest BCUT2D eigenvalue weighted by atomic mass is 19.4. The monoisotopic (exact) mass is 297 g/mol. The fourth-order valence-corrected chi connectivity index (χ4v) is 2.24. The van der Waals surface area contributed by atoms with Crippen molar-refractivity contribution in [1.82, 2.24) is 5.32 Å². The van der Waals surface area contributed by atoms with Gasteiger partial charge in [-0.05, 0) is 38.1 Å². The molecule has 1 amide bonds. The molecule has 1 heterocycles. The van der Waals surface area contributed by atoms with Crippen LogP contribution >= 0.6 is 0 Å². The van der Waals surface area contributed by atoms with Crippen LogP contribution in [-0.4, -0.2) is 19.0 Å². The van der Waals surface area contributed by atoms with Crippen LogP contribution in [0.1, 0.15) is 24.5 Å². The number of nitrogens with zero attached hydrogens (tertiary/aromatic N) is 1. The number of halogens is 3. The molecular weight excluding hydrogens is 283 g/mol. The van der Waals surface area contributed by atoms with Crippen LogP contribution in [0.4, 0.5) is 18.9 Å². The predicted molar refractivity (Wildman–Crippen MR) is 70.4 cm³/mol. The van der Waals surface area contributed by atoms with Crippen molar-refractivity contribution in [1.29, 1.82) is 5.26 Å². The lowest BCUT2D eigenvalue weighted by atomic mass is 9.88. The van der Waals surface area contributed by atoms with Gasteiger partial charge in [0.2, 0.25) is 5.91 Å². The second-order valence-electron chi connectivity index (χ2n) is 5.31. The van der Waals surface area contributed by atoms with E-state index in [-0.39, 0.29) is 11.3 Å². The van der Waals surface area contributed by atoms with Crippen molar-refractivity contribution in [2.45, 2.75) is 19.5 Å². The predicted octanol–water partition coefficient (Wildman–Crippen LogP) is 2.52. The first-order valence-corrected chi connectivity index (χ1v) is 6.40. The van der Waals surface area contributed by atoms with Crippen molar-refractivity contribution in [3.05, 3.63) is 29.3 Å². The third-order valence-corrected chi connectivity index (χ3v) is 3.62. The summed E-state index contributed by atoms with van der Waals surface area (Å²) in [6, 6.07) is 4.77. The minimum atomic E-state index is -4.63. The van der Waals surface area contributed by atoms with Crippen LogP contribution in [0.15, 0.2) is 18.2 Å². The first kappa shape index (κ1) is 15.3. The number of carbonyl (C=O) groups is 1. The van der Waals surface area contributed by atoms with Crippen molar-refractivity contribution in [2.24, 2.45) is 5.41 Å². The van der Waals surface area contributed by atoms with Crippen molar-refractivity contribution in [3.63, 3.8) is 0 Å². The minimum absolute atomic E-state index is 0.103. The number of hydrogen-bond donors (Lipinski definition) is 2. The molecule has 21 heavy (non-hydrogen) atoms. The fraction of sp³-hybridized carbons (Fsp3) is 0.429. The highest BCUT2D eigenvalue weighted by Crippen LogP contribution is 2.36. The Morgan fingerprint density at radius 1 is 1.48 bits per heavy atom. The summed E-state index contributed by atoms with van der Waals surface area (Å²) >= 11 is 0. The van der Waals surface area contributed by atoms with Crippen LogP contribution in [0.2, 0.25) is 0 Å². The molecule has 0 bridgehead atoms. The molecule has 0 aliphatic carbocycles. The molecule has 7 heteroatoms. The first-order chi connectivity index (χ1) is 9.76. The van der Waals surface area contributed by atoms with Crippen LogP contribution in [0.5, 0.6) is 0 Å². The number of carbonyl (C=O) groups excluding carboxylic acids is 1. The summed E-state index contributed by atoms with van der Waals surface area (Å²) in [4.78, 5) is 12.2. The summed E-state index contributed by atoms with van der Waals surface area (Å²) in [5.74, 6) is -0.456. The standard InChI is InChI=1S/C14H14F3N3O/c1-13(4-5-19-8-13)12(21)20-11-3-2-9(7-18)6-10(11)14(15,16)17/h2-3,6,19H,4-5,8H2,1H3,(H,20,21). The summed E-state index contributed by atoms with van der Waals surface area (Å²) in [7, 11) is 0. The van der Waals surface area contributed by atoms with Crippen LogP contribution in [0.3, 0.4) is 0 Å². The molecule has 1 atom stereocenters. The Morgan fingerprint density at radius 3 is 2.71 bits per heavy atom. The van der Waals surface area contributed by atoms with E-state index in [0.29, 0.717) is 19.5 Å². The number of amides is 1. The quantitative estimate of drug-likeness (QED) is 0.881. The Bertz CT molecular complexity index is 598. The van der Waals surface area contributed by atoms with Gasteiger partial charge in [-0.2, -0.15) is 18.4 Å². The lowest BCUT2D eigenvalue weighted by Crippen LogP contribution is -2.35. The average Bonchev–Trinajstić information content (AvgIpc) is 2.86. The number of rotatable bonds is 2. The highest BCUT2D eigenvalue weighted by molar-refractivity contribution is 5.96. The molecule has 1 aromatic rings. The van der Waals surface area contributed by atoms with Crippen molar-refractivity contribution in [2.75, 3.05) is 18.4 Å². The Hall–Kier alpha value is -2.07. The van der Waals surface area contributed by atoms with E-state index in [1.165, 1.54) is 6.07 Å². The van der Waals surface area contributed by atoms with E-state index < -0.39 is 23.1 Å². The zero-order valence-electron chi connectivity index (χ0n) is 11.3. The maximum Gasteiger partial charge on any atom is 0.418 e. The second-order valence-corrected chi connectivity index (χ2v) is 5.31. The Kier molecular flexibility index (Phi) is 3.92. The summed E-state index contributed by atoms with van der Waals surface area (Å²) in [6.45, 7) is 2.79. The largest absolute Gasteiger partial charge is 0.418 e. The number of nitrogens with one attached hydrogen (secondary N) is 2. The van der Waals surface area contributed by atoms with Gasteiger partial charge >= 0.3 is 6.18 Å². The van der Waals surface area contributed by atoms with Crippen LogP contribution < -0.4 is 10.6 Å². The number of anilines is 1. The van der Waals surface area contributed by atoms with E-state index in [4.69, 9.17) is 5.26 Å². The van der Waals surface area contributed by atoms with E-state index in [1.54, 1.807) is 13.0 Å². The zero-order valence-corrected chi connectivity index (χ0v) is 11.3. The molecule has 2 N–H and O–H groups in total. The maximum atomic E-state index is 13.0. The van der Waals surface area contributed by atoms with E-state index in [1.807, 2.05) is 0 Å². The number of benzene rings is 1. The topological polar surface area (TPSA) is 64.9 Å². The molecule has 0 saturated carbocycles. The number of nitriles is 1. The van der Waals surface area contributed by atoms with Gasteiger partial charge < -0.3 is 10.6 Å². The Labute approximate surface area is 119 Å². The van der Waals surface area contributed by atoms with Gasteiger partial charge in [-0.1, -0.05) is 0 Å². The smallest absolute Gasteiger partial charge is 0.325 e. The highest BCUT2D eigenvalue weighted by Gasteiger charge is 2.39. The molecule has 2 rings (SSSR count). The Balaban J connectivity index is 2.32. The van der Waals surface area contributed by atoms with Crippen molar-refractivity contribution in [3.8, 4) is 6.07 Å². The van der Waals surface area contributed by atoms with Gasteiger partial charge in [-0.3, -0.25) is 4.79 Å². The third-order valence-electron chi connectivity index (χ3n) is 3.62. The van der Waals surface area contributed by atoms with Gasteiger partial charge in [0.15, 0.2) is 0 Å². The van der Waals surface area contributed by atoms with Crippen molar-refractivity contribution < 1.29 is 18.0 Å². The van der Waals surface area contributed by atoms with E-state index >= 15 is 0 Å². The summed E-state index contributed by atoms with van der Waals surface area (Å²) in [6.07, 6.45) is -4.07. The number of hydrogen-bond acceptors (Lipinski definition) is 3. The molecule has 1 saturated heterocycles. The second kappa shape index (κ2) is 5.37. The molecule has 1 unspecified atom stereocenters. The SMILES string of the molecule is CC1(C(=O)Nc2ccc(C#N)cc2C(F)(F)F)CCNC1. The fourth-order valence-electron chi connectivity index (χ4n) is 2.24. The molecular formula is C14H14F3N3O.